The summed E-state index contributed by atoms with van der Waals surface area (Å²) in [6, 6.07) is 0. The number of carboxylic acid groups (broad SMARTS) is 1. The van der Waals surface area contributed by atoms with Gasteiger partial charge in [0.15, 0.2) is 0 Å². The van der Waals surface area contributed by atoms with E-state index in [0.717, 1.165) is 32.1 Å². The third kappa shape index (κ3) is 2.90. The standard InChI is InChI=1S/C30H48O5/c1-17-10-13-30(24(33)34)15-14-27(5)18(22(30)29(17,7)35)8-9-21-26(4)16-19(31)23(32)25(2,3)20(26)11-12-28(21,27)6/h8,17,19-23,31-32,35H,9-16H2,1-7H3,(H,33,34)/t17?,19?,20-,21+,22+,23?,26+,27-,28-,29-,30+/m1/s1. The molecule has 11 atom stereocenters. The van der Waals surface area contributed by atoms with E-state index in [2.05, 4.69) is 47.6 Å². The van der Waals surface area contributed by atoms with Gasteiger partial charge in [-0.05, 0) is 97.7 Å². The first kappa shape index (κ1) is 25.7. The van der Waals surface area contributed by atoms with Crippen LogP contribution >= 0.6 is 0 Å². The second-order valence-corrected chi connectivity index (χ2v) is 14.9. The molecule has 0 spiro atoms. The highest BCUT2D eigenvalue weighted by Crippen LogP contribution is 2.76. The Balaban J connectivity index is 1.65. The van der Waals surface area contributed by atoms with Crippen molar-refractivity contribution in [1.29, 1.82) is 0 Å². The number of aliphatic hydroxyl groups is 3. The van der Waals surface area contributed by atoms with Crippen molar-refractivity contribution in [2.24, 2.45) is 50.7 Å². The van der Waals surface area contributed by atoms with E-state index in [-0.39, 0.29) is 33.5 Å². The van der Waals surface area contributed by atoms with Gasteiger partial charge in [0.2, 0.25) is 0 Å². The van der Waals surface area contributed by atoms with Crippen molar-refractivity contribution in [3.63, 3.8) is 0 Å². The van der Waals surface area contributed by atoms with Crippen molar-refractivity contribution in [2.45, 2.75) is 118 Å². The molecule has 0 amide bonds. The van der Waals surface area contributed by atoms with Crippen LogP contribution in [0.2, 0.25) is 0 Å². The van der Waals surface area contributed by atoms with E-state index in [0.29, 0.717) is 31.1 Å². The van der Waals surface area contributed by atoms with Crippen LogP contribution in [0, 0.1) is 50.7 Å². The fourth-order valence-electron chi connectivity index (χ4n) is 11.0. The smallest absolute Gasteiger partial charge is 0.310 e. The number of allylic oxidation sites excluding steroid dienone is 1. The minimum atomic E-state index is -1.05. The molecule has 5 rings (SSSR count). The van der Waals surface area contributed by atoms with Crippen LogP contribution in [0.1, 0.15) is 99.8 Å². The summed E-state index contributed by atoms with van der Waals surface area (Å²) in [6.45, 7) is 15.3. The topological polar surface area (TPSA) is 98.0 Å². The molecule has 0 aromatic rings. The number of hydrogen-bond donors (Lipinski definition) is 4. The highest BCUT2D eigenvalue weighted by molar-refractivity contribution is 5.77. The molecule has 0 heterocycles. The van der Waals surface area contributed by atoms with Crippen LogP contribution in [-0.4, -0.2) is 44.2 Å². The maximum Gasteiger partial charge on any atom is 0.310 e. The molecule has 4 fully saturated rings. The Labute approximate surface area is 211 Å². The highest BCUT2D eigenvalue weighted by Gasteiger charge is 2.71. The second-order valence-electron chi connectivity index (χ2n) is 14.9. The van der Waals surface area contributed by atoms with E-state index < -0.39 is 29.2 Å². The first-order chi connectivity index (χ1) is 16.0. The molecule has 5 aliphatic rings. The molecular weight excluding hydrogens is 440 g/mol. The van der Waals surface area contributed by atoms with Crippen LogP contribution in [0.3, 0.4) is 0 Å². The quantitative estimate of drug-likeness (QED) is 0.382. The summed E-state index contributed by atoms with van der Waals surface area (Å²) >= 11 is 0. The van der Waals surface area contributed by atoms with Gasteiger partial charge in [0.1, 0.15) is 0 Å². The van der Waals surface area contributed by atoms with Crippen LogP contribution in [0.5, 0.6) is 0 Å². The summed E-state index contributed by atoms with van der Waals surface area (Å²) in [7, 11) is 0. The van der Waals surface area contributed by atoms with Crippen molar-refractivity contribution in [3.05, 3.63) is 11.6 Å². The van der Waals surface area contributed by atoms with Gasteiger partial charge in [-0.3, -0.25) is 4.79 Å². The molecule has 0 aromatic heterocycles. The van der Waals surface area contributed by atoms with Crippen LogP contribution in [-0.2, 0) is 4.79 Å². The molecule has 4 N–H and O–H groups in total. The largest absolute Gasteiger partial charge is 0.481 e. The van der Waals surface area contributed by atoms with Gasteiger partial charge in [-0.1, -0.05) is 53.2 Å². The lowest BCUT2D eigenvalue weighted by Crippen LogP contribution is -2.68. The molecule has 0 bridgehead atoms. The van der Waals surface area contributed by atoms with Crippen LogP contribution in [0.4, 0.5) is 0 Å². The number of fused-ring (bicyclic) bond motifs is 7. The lowest BCUT2D eigenvalue weighted by Gasteiger charge is -2.72. The van der Waals surface area contributed by atoms with E-state index in [9.17, 15) is 25.2 Å². The number of aliphatic carboxylic acids is 1. The van der Waals surface area contributed by atoms with E-state index in [1.807, 2.05) is 6.92 Å². The molecule has 3 unspecified atom stereocenters. The molecule has 0 aromatic carbocycles. The van der Waals surface area contributed by atoms with Gasteiger partial charge in [-0.2, -0.15) is 0 Å². The Hall–Kier alpha value is -0.910. The number of carboxylic acids is 1. The predicted molar refractivity (Wildman–Crippen MR) is 135 cm³/mol. The summed E-state index contributed by atoms with van der Waals surface area (Å²) in [5, 5.41) is 44.3. The third-order valence-electron chi connectivity index (χ3n) is 13.4. The molecule has 198 valence electrons. The predicted octanol–water partition coefficient (Wildman–Crippen LogP) is 5.18. The summed E-state index contributed by atoms with van der Waals surface area (Å²) in [4.78, 5) is 12.8. The van der Waals surface area contributed by atoms with E-state index in [1.165, 1.54) is 5.57 Å². The first-order valence-corrected chi connectivity index (χ1v) is 14.0. The Morgan fingerprint density at radius 3 is 2.23 bits per heavy atom. The maximum absolute atomic E-state index is 12.8. The van der Waals surface area contributed by atoms with Gasteiger partial charge in [-0.15, -0.1) is 0 Å². The lowest BCUT2D eigenvalue weighted by molar-refractivity contribution is -0.237. The highest BCUT2D eigenvalue weighted by atomic mass is 16.4. The third-order valence-corrected chi connectivity index (χ3v) is 13.4. The zero-order chi connectivity index (χ0) is 26.0. The minimum Gasteiger partial charge on any atom is -0.481 e. The van der Waals surface area contributed by atoms with Crippen LogP contribution < -0.4 is 0 Å². The van der Waals surface area contributed by atoms with Crippen LogP contribution in [0.25, 0.3) is 0 Å². The molecule has 5 aliphatic carbocycles. The molecule has 5 nitrogen and oxygen atoms in total. The van der Waals surface area contributed by atoms with Crippen molar-refractivity contribution < 1.29 is 25.2 Å². The molecule has 35 heavy (non-hydrogen) atoms. The van der Waals surface area contributed by atoms with E-state index in [1.54, 1.807) is 0 Å². The molecule has 0 saturated heterocycles. The van der Waals surface area contributed by atoms with Crippen molar-refractivity contribution in [3.8, 4) is 0 Å². The summed E-state index contributed by atoms with van der Waals surface area (Å²) in [5.41, 5.74) is -1.46. The van der Waals surface area contributed by atoms with Gasteiger partial charge < -0.3 is 20.4 Å². The maximum atomic E-state index is 12.8. The SMILES string of the molecule is CC1CC[C@]2(C(=O)O)CC[C@]3(C)C(=CC[C@H]4[C@@]5(C)CC(O)C(O)C(C)(C)[C@H]5CC[C@]43C)[C@H]2[C@]1(C)O. The average molecular weight is 489 g/mol. The van der Waals surface area contributed by atoms with E-state index in [4.69, 9.17) is 0 Å². The summed E-state index contributed by atoms with van der Waals surface area (Å²) < 4.78 is 0. The summed E-state index contributed by atoms with van der Waals surface area (Å²) in [5.74, 6) is -0.394. The fourth-order valence-corrected chi connectivity index (χ4v) is 11.0. The van der Waals surface area contributed by atoms with Gasteiger partial charge >= 0.3 is 5.97 Å². The van der Waals surface area contributed by atoms with Gasteiger partial charge in [-0.25, -0.2) is 0 Å². The Morgan fingerprint density at radius 1 is 0.943 bits per heavy atom. The zero-order valence-corrected chi connectivity index (χ0v) is 22.9. The first-order valence-electron chi connectivity index (χ1n) is 14.0. The van der Waals surface area contributed by atoms with E-state index >= 15 is 0 Å². The minimum absolute atomic E-state index is 0.0535. The number of aliphatic hydroxyl groups excluding tert-OH is 2. The molecule has 4 saturated carbocycles. The molecule has 0 radical (unpaired) electrons. The fraction of sp³-hybridized carbons (Fsp3) is 0.900. The number of carbonyl (C=O) groups is 1. The molecule has 5 heteroatoms. The molecule has 0 aliphatic heterocycles. The monoisotopic (exact) mass is 488 g/mol. The summed E-state index contributed by atoms with van der Waals surface area (Å²) in [6.07, 6.45) is 7.21. The number of rotatable bonds is 1. The second kappa shape index (κ2) is 7.35. The van der Waals surface area contributed by atoms with Gasteiger partial charge in [0.25, 0.3) is 0 Å². The van der Waals surface area contributed by atoms with Crippen molar-refractivity contribution >= 4 is 5.97 Å². The van der Waals surface area contributed by atoms with Crippen LogP contribution in [0.15, 0.2) is 11.6 Å². The normalized spacial score (nSPS) is 57.1. The van der Waals surface area contributed by atoms with Crippen molar-refractivity contribution in [1.82, 2.24) is 0 Å². The zero-order valence-electron chi connectivity index (χ0n) is 22.9. The lowest BCUT2D eigenvalue weighted by atomic mass is 9.33. The average Bonchev–Trinajstić information content (AvgIpc) is 2.75. The van der Waals surface area contributed by atoms with Gasteiger partial charge in [0.05, 0.1) is 23.2 Å². The molecular formula is C30H48O5. The Kier molecular flexibility index (Phi) is 5.40. The Morgan fingerprint density at radius 2 is 1.60 bits per heavy atom. The van der Waals surface area contributed by atoms with Crippen molar-refractivity contribution in [2.75, 3.05) is 0 Å². The Bertz CT molecular complexity index is 952. The van der Waals surface area contributed by atoms with Gasteiger partial charge in [0, 0.05) is 5.92 Å². The number of hydrogen-bond acceptors (Lipinski definition) is 4.